The van der Waals surface area contributed by atoms with Crippen LogP contribution in [0.5, 0.6) is 0 Å². The third-order valence-corrected chi connectivity index (χ3v) is 4.46. The Morgan fingerprint density at radius 3 is 2.55 bits per heavy atom. The molecule has 2 rings (SSSR count). The van der Waals surface area contributed by atoms with Crippen LogP contribution in [0.2, 0.25) is 0 Å². The minimum Gasteiger partial charge on any atom is -0.381 e. The summed E-state index contributed by atoms with van der Waals surface area (Å²) >= 11 is 0. The van der Waals surface area contributed by atoms with E-state index >= 15 is 0 Å². The summed E-state index contributed by atoms with van der Waals surface area (Å²) in [7, 11) is 0. The van der Waals surface area contributed by atoms with Gasteiger partial charge in [0.2, 0.25) is 0 Å². The zero-order chi connectivity index (χ0) is 14.6. The number of hydrogen-bond acceptors (Lipinski definition) is 4. The standard InChI is InChI=1S/C13H23F3N2O2/c14-13(15,16)3-1-11(18-17)10-2-6-20-12(9-10)4-7-19-8-5-12/h10-11,18H,1-9,17H2. The van der Waals surface area contributed by atoms with Crippen LogP contribution in [-0.4, -0.2) is 37.6 Å². The first kappa shape index (κ1) is 16.0. The van der Waals surface area contributed by atoms with Gasteiger partial charge in [-0.25, -0.2) is 0 Å². The van der Waals surface area contributed by atoms with Crippen LogP contribution in [0.25, 0.3) is 0 Å². The monoisotopic (exact) mass is 296 g/mol. The fourth-order valence-corrected chi connectivity index (χ4v) is 3.28. The van der Waals surface area contributed by atoms with E-state index in [-0.39, 0.29) is 24.0 Å². The summed E-state index contributed by atoms with van der Waals surface area (Å²) < 4.78 is 48.3. The first-order chi connectivity index (χ1) is 9.44. The smallest absolute Gasteiger partial charge is 0.381 e. The van der Waals surface area contributed by atoms with Crippen LogP contribution in [0.1, 0.15) is 38.5 Å². The van der Waals surface area contributed by atoms with Gasteiger partial charge in [0, 0.05) is 32.3 Å². The van der Waals surface area contributed by atoms with Crippen LogP contribution in [0.3, 0.4) is 0 Å². The summed E-state index contributed by atoms with van der Waals surface area (Å²) in [6.07, 6.45) is -1.73. The molecule has 0 aliphatic carbocycles. The summed E-state index contributed by atoms with van der Waals surface area (Å²) in [4.78, 5) is 0. The van der Waals surface area contributed by atoms with Crippen molar-refractivity contribution < 1.29 is 22.6 Å². The van der Waals surface area contributed by atoms with E-state index in [2.05, 4.69) is 5.43 Å². The molecule has 20 heavy (non-hydrogen) atoms. The molecular weight excluding hydrogens is 273 g/mol. The van der Waals surface area contributed by atoms with Crippen molar-refractivity contribution in [3.63, 3.8) is 0 Å². The largest absolute Gasteiger partial charge is 0.389 e. The Morgan fingerprint density at radius 1 is 1.25 bits per heavy atom. The zero-order valence-electron chi connectivity index (χ0n) is 11.5. The molecule has 118 valence electrons. The molecule has 0 radical (unpaired) electrons. The lowest BCUT2D eigenvalue weighted by molar-refractivity contribution is -0.154. The van der Waals surface area contributed by atoms with Gasteiger partial charge in [-0.2, -0.15) is 13.2 Å². The van der Waals surface area contributed by atoms with Gasteiger partial charge in [-0.05, 0) is 38.0 Å². The predicted octanol–water partition coefficient (Wildman–Crippen LogP) is 2.14. The zero-order valence-corrected chi connectivity index (χ0v) is 11.5. The molecule has 0 amide bonds. The van der Waals surface area contributed by atoms with Crippen molar-refractivity contribution in [1.82, 2.24) is 5.43 Å². The molecule has 2 aliphatic heterocycles. The van der Waals surface area contributed by atoms with Crippen molar-refractivity contribution in [3.05, 3.63) is 0 Å². The second-order valence-corrected chi connectivity index (χ2v) is 5.82. The lowest BCUT2D eigenvalue weighted by Gasteiger charge is -2.45. The summed E-state index contributed by atoms with van der Waals surface area (Å²) in [5, 5.41) is 0. The highest BCUT2D eigenvalue weighted by atomic mass is 19.4. The number of rotatable bonds is 4. The number of nitrogens with one attached hydrogen (secondary N) is 1. The van der Waals surface area contributed by atoms with Gasteiger partial charge in [0.25, 0.3) is 0 Å². The SMILES string of the molecule is NNC(CCC(F)(F)F)C1CCOC2(CCOCC2)C1. The Balaban J connectivity index is 1.92. The highest BCUT2D eigenvalue weighted by Crippen LogP contribution is 2.39. The van der Waals surface area contributed by atoms with E-state index in [9.17, 15) is 13.2 Å². The molecule has 2 atom stereocenters. The highest BCUT2D eigenvalue weighted by Gasteiger charge is 2.41. The highest BCUT2D eigenvalue weighted by molar-refractivity contribution is 4.92. The molecule has 4 nitrogen and oxygen atoms in total. The van der Waals surface area contributed by atoms with Crippen LogP contribution in [0.4, 0.5) is 13.2 Å². The van der Waals surface area contributed by atoms with Crippen molar-refractivity contribution in [1.29, 1.82) is 0 Å². The third kappa shape index (κ3) is 4.31. The van der Waals surface area contributed by atoms with Crippen molar-refractivity contribution in [2.24, 2.45) is 11.8 Å². The molecule has 0 aromatic carbocycles. The van der Waals surface area contributed by atoms with Crippen molar-refractivity contribution in [2.45, 2.75) is 56.3 Å². The Bertz CT molecular complexity index is 301. The Labute approximate surface area is 117 Å². The molecule has 0 aromatic heterocycles. The Kier molecular flexibility index (Phi) is 5.28. The van der Waals surface area contributed by atoms with Gasteiger partial charge in [-0.1, -0.05) is 0 Å². The molecular formula is C13H23F3N2O2. The van der Waals surface area contributed by atoms with Crippen LogP contribution in [0.15, 0.2) is 0 Å². The molecule has 0 saturated carbocycles. The maximum Gasteiger partial charge on any atom is 0.389 e. The Morgan fingerprint density at radius 2 is 1.95 bits per heavy atom. The molecule has 7 heteroatoms. The van der Waals surface area contributed by atoms with Gasteiger partial charge < -0.3 is 9.47 Å². The van der Waals surface area contributed by atoms with E-state index in [0.717, 1.165) is 25.7 Å². The quantitative estimate of drug-likeness (QED) is 0.616. The van der Waals surface area contributed by atoms with E-state index in [1.807, 2.05) is 0 Å². The first-order valence-electron chi connectivity index (χ1n) is 7.19. The fourth-order valence-electron chi connectivity index (χ4n) is 3.28. The van der Waals surface area contributed by atoms with Gasteiger partial charge in [0.05, 0.1) is 5.60 Å². The fraction of sp³-hybridized carbons (Fsp3) is 1.00. The number of hydrogen-bond donors (Lipinski definition) is 2. The van der Waals surface area contributed by atoms with Crippen LogP contribution < -0.4 is 11.3 Å². The molecule has 0 bridgehead atoms. The number of hydrazine groups is 1. The average molecular weight is 296 g/mol. The minimum absolute atomic E-state index is 0.0250. The van der Waals surface area contributed by atoms with Gasteiger partial charge in [-0.3, -0.25) is 11.3 Å². The lowest BCUT2D eigenvalue weighted by Crippen LogP contribution is -2.50. The molecule has 3 N–H and O–H groups in total. The van der Waals surface area contributed by atoms with Crippen molar-refractivity contribution >= 4 is 0 Å². The second kappa shape index (κ2) is 6.60. The predicted molar refractivity (Wildman–Crippen MR) is 67.9 cm³/mol. The van der Waals surface area contributed by atoms with E-state index in [1.165, 1.54) is 0 Å². The van der Waals surface area contributed by atoms with Crippen molar-refractivity contribution in [2.75, 3.05) is 19.8 Å². The molecule has 2 fully saturated rings. The normalized spacial score (nSPS) is 28.5. The molecule has 2 aliphatic rings. The number of halogens is 3. The maximum atomic E-state index is 12.4. The topological polar surface area (TPSA) is 56.5 Å². The van der Waals surface area contributed by atoms with Crippen LogP contribution >= 0.6 is 0 Å². The number of ether oxygens (including phenoxy) is 2. The average Bonchev–Trinajstić information content (AvgIpc) is 2.39. The molecule has 2 saturated heterocycles. The molecule has 2 heterocycles. The number of alkyl halides is 3. The van der Waals surface area contributed by atoms with E-state index in [4.69, 9.17) is 15.3 Å². The van der Waals surface area contributed by atoms with Crippen LogP contribution in [0, 0.1) is 5.92 Å². The summed E-state index contributed by atoms with van der Waals surface area (Å²) in [5.41, 5.74) is 2.37. The van der Waals surface area contributed by atoms with Crippen molar-refractivity contribution in [3.8, 4) is 0 Å². The summed E-state index contributed by atoms with van der Waals surface area (Å²) in [6.45, 7) is 1.92. The van der Waals surface area contributed by atoms with Gasteiger partial charge in [0.1, 0.15) is 0 Å². The van der Waals surface area contributed by atoms with Gasteiger partial charge in [0.15, 0.2) is 0 Å². The molecule has 0 aromatic rings. The summed E-state index contributed by atoms with van der Waals surface area (Å²) in [5.74, 6) is 5.60. The van der Waals surface area contributed by atoms with Gasteiger partial charge >= 0.3 is 6.18 Å². The van der Waals surface area contributed by atoms with Crippen LogP contribution in [-0.2, 0) is 9.47 Å². The Hall–Kier alpha value is -0.370. The second-order valence-electron chi connectivity index (χ2n) is 5.82. The maximum absolute atomic E-state index is 12.4. The van der Waals surface area contributed by atoms with Gasteiger partial charge in [-0.15, -0.1) is 0 Å². The molecule has 1 spiro atoms. The summed E-state index contributed by atoms with van der Waals surface area (Å²) in [6, 6.07) is -0.305. The third-order valence-electron chi connectivity index (χ3n) is 4.46. The number of nitrogens with two attached hydrogens (primary N) is 1. The van der Waals surface area contributed by atoms with E-state index in [1.54, 1.807) is 0 Å². The van der Waals surface area contributed by atoms with E-state index in [0.29, 0.717) is 19.8 Å². The minimum atomic E-state index is -4.13. The van der Waals surface area contributed by atoms with E-state index < -0.39 is 12.6 Å². The molecule has 2 unspecified atom stereocenters. The lowest BCUT2D eigenvalue weighted by atomic mass is 9.77. The first-order valence-corrected chi connectivity index (χ1v) is 7.19.